The minimum absolute atomic E-state index is 0.0315. The van der Waals surface area contributed by atoms with Crippen LogP contribution in [0.5, 0.6) is 0 Å². The fourth-order valence-corrected chi connectivity index (χ4v) is 7.66. The highest BCUT2D eigenvalue weighted by Crippen LogP contribution is 2.40. The number of sulfonamides is 1. The number of carboxylic acids is 1. The number of hydrogen-bond donors (Lipinski definition) is 4. The lowest BCUT2D eigenvalue weighted by Gasteiger charge is -2.28. The number of anilines is 2. The molecule has 3 aromatic carbocycles. The molecule has 2 atom stereocenters. The Morgan fingerprint density at radius 2 is 1.88 bits per heavy atom. The highest BCUT2D eigenvalue weighted by atomic mass is 32.2. The molecule has 0 aliphatic carbocycles. The van der Waals surface area contributed by atoms with E-state index >= 15 is 0 Å². The lowest BCUT2D eigenvalue weighted by Crippen LogP contribution is -2.38. The minimum atomic E-state index is -4.08. The van der Waals surface area contributed by atoms with E-state index in [1.807, 2.05) is 61.8 Å². The van der Waals surface area contributed by atoms with Crippen molar-refractivity contribution in [3.05, 3.63) is 88.8 Å². The lowest BCUT2D eigenvalue weighted by atomic mass is 9.92. The summed E-state index contributed by atoms with van der Waals surface area (Å²) in [6.45, 7) is 10.9. The smallest absolute Gasteiger partial charge is 0.337 e. The van der Waals surface area contributed by atoms with Crippen LogP contribution in [0.25, 0.3) is 11.1 Å². The zero-order valence-electron chi connectivity index (χ0n) is 27.7. The van der Waals surface area contributed by atoms with Gasteiger partial charge in [0.25, 0.3) is 10.0 Å². The van der Waals surface area contributed by atoms with Crippen LogP contribution in [0, 0.1) is 5.41 Å². The van der Waals surface area contributed by atoms with E-state index in [1.54, 1.807) is 43.3 Å². The van der Waals surface area contributed by atoms with Gasteiger partial charge in [-0.2, -0.15) is 0 Å². The molecule has 1 saturated heterocycles. The molecule has 3 heterocycles. The molecular weight excluding hydrogens is 634 g/mol. The Balaban J connectivity index is 1.42. The molecule has 4 N–H and O–H groups in total. The first-order chi connectivity index (χ1) is 22.8. The van der Waals surface area contributed by atoms with E-state index in [0.29, 0.717) is 48.6 Å². The number of amides is 1. The average Bonchev–Trinajstić information content (AvgIpc) is 3.65. The Morgan fingerprint density at radius 1 is 1.10 bits per heavy atom. The summed E-state index contributed by atoms with van der Waals surface area (Å²) in [6.07, 6.45) is 0.111. The molecule has 12 nitrogen and oxygen atoms in total. The molecule has 0 spiro atoms. The van der Waals surface area contributed by atoms with Crippen LogP contribution in [0.2, 0.25) is 0 Å². The summed E-state index contributed by atoms with van der Waals surface area (Å²) in [5, 5.41) is 13.3. The van der Waals surface area contributed by atoms with E-state index in [9.17, 15) is 23.1 Å². The van der Waals surface area contributed by atoms with Gasteiger partial charge in [-0.15, -0.1) is 5.48 Å². The fraction of sp³-hybridized carbons (Fsp3) is 0.371. The molecule has 0 bridgehead atoms. The van der Waals surface area contributed by atoms with Crippen molar-refractivity contribution in [2.75, 3.05) is 23.4 Å². The van der Waals surface area contributed by atoms with Crippen molar-refractivity contribution in [2.24, 2.45) is 5.41 Å². The molecule has 0 radical (unpaired) electrons. The number of nitrogens with one attached hydrogen (secondary N) is 3. The minimum Gasteiger partial charge on any atom is -0.478 e. The predicted octanol–water partition coefficient (Wildman–Crippen LogP) is 5.00. The van der Waals surface area contributed by atoms with Crippen molar-refractivity contribution in [3.8, 4) is 11.1 Å². The number of para-hydroxylation sites is 1. The van der Waals surface area contributed by atoms with E-state index < -0.39 is 27.8 Å². The van der Waals surface area contributed by atoms with Crippen molar-refractivity contribution in [3.63, 3.8) is 0 Å². The highest BCUT2D eigenvalue weighted by molar-refractivity contribution is 7.89. The third kappa shape index (κ3) is 6.20. The van der Waals surface area contributed by atoms with E-state index in [-0.39, 0.29) is 34.8 Å². The second-order valence-corrected chi connectivity index (χ2v) is 14.6. The average molecular weight is 676 g/mol. The predicted molar refractivity (Wildman–Crippen MR) is 181 cm³/mol. The molecule has 0 aromatic heterocycles. The maximum Gasteiger partial charge on any atom is 0.337 e. The first-order valence-corrected chi connectivity index (χ1v) is 17.5. The summed E-state index contributed by atoms with van der Waals surface area (Å²) >= 11 is 0. The maximum absolute atomic E-state index is 13.8. The molecule has 3 aromatic rings. The SMILES string of the molecule is CCOC1Nc2cccc(C(=O)O)c2N1Cc1ccc(-c2ccccc2S(=O)(=O)NC2=C(C)C(C)NO2)c(CN2CCC(C)(C)C2=O)c1. The van der Waals surface area contributed by atoms with Gasteiger partial charge in [-0.25, -0.2) is 17.9 Å². The number of hydroxylamine groups is 1. The van der Waals surface area contributed by atoms with Gasteiger partial charge < -0.3 is 29.8 Å². The number of likely N-dealkylation sites (tertiary alicyclic amines) is 1. The molecule has 3 aliphatic heterocycles. The third-order valence-corrected chi connectivity index (χ3v) is 10.6. The van der Waals surface area contributed by atoms with Gasteiger partial charge in [0.05, 0.1) is 27.9 Å². The highest BCUT2D eigenvalue weighted by Gasteiger charge is 2.39. The maximum atomic E-state index is 13.8. The number of ether oxygens (including phenoxy) is 1. The molecule has 48 heavy (non-hydrogen) atoms. The largest absolute Gasteiger partial charge is 0.478 e. The number of fused-ring (bicyclic) bond motifs is 1. The second kappa shape index (κ2) is 12.8. The van der Waals surface area contributed by atoms with E-state index in [4.69, 9.17) is 9.57 Å². The van der Waals surface area contributed by atoms with Crippen LogP contribution in [-0.4, -0.2) is 55.8 Å². The first kappa shape index (κ1) is 33.3. The van der Waals surface area contributed by atoms with Crippen molar-refractivity contribution >= 4 is 33.3 Å². The Bertz CT molecular complexity index is 1910. The zero-order valence-corrected chi connectivity index (χ0v) is 28.5. The van der Waals surface area contributed by atoms with Crippen LogP contribution >= 0.6 is 0 Å². The molecule has 2 unspecified atom stereocenters. The van der Waals surface area contributed by atoms with Crippen LogP contribution in [0.3, 0.4) is 0 Å². The Labute approximate surface area is 280 Å². The Kier molecular flexibility index (Phi) is 8.88. The van der Waals surface area contributed by atoms with Crippen LogP contribution in [0.4, 0.5) is 11.4 Å². The van der Waals surface area contributed by atoms with Gasteiger partial charge in [-0.3, -0.25) is 4.79 Å². The number of carbonyl (C=O) groups excluding carboxylic acids is 1. The topological polar surface area (TPSA) is 150 Å². The number of rotatable bonds is 11. The number of hydrogen-bond acceptors (Lipinski definition) is 9. The number of nitrogens with zero attached hydrogens (tertiary/aromatic N) is 2. The molecule has 0 saturated carbocycles. The molecule has 3 aliphatic rings. The van der Waals surface area contributed by atoms with Gasteiger partial charge in [-0.1, -0.05) is 56.3 Å². The molecule has 1 amide bonds. The van der Waals surface area contributed by atoms with Crippen LogP contribution in [0.15, 0.2) is 77.0 Å². The molecule has 6 rings (SSSR count). The number of aromatic carboxylic acids is 1. The van der Waals surface area contributed by atoms with Crippen molar-refractivity contribution in [1.29, 1.82) is 0 Å². The number of carbonyl (C=O) groups is 2. The van der Waals surface area contributed by atoms with Gasteiger partial charge in [0.2, 0.25) is 18.1 Å². The fourth-order valence-electron chi connectivity index (χ4n) is 6.38. The van der Waals surface area contributed by atoms with Crippen molar-refractivity contribution < 1.29 is 32.7 Å². The number of carboxylic acid groups (broad SMARTS) is 1. The summed E-state index contributed by atoms with van der Waals surface area (Å²) in [6, 6.07) is 17.4. The summed E-state index contributed by atoms with van der Waals surface area (Å²) in [4.78, 5) is 34.8. The van der Waals surface area contributed by atoms with Crippen molar-refractivity contribution in [2.45, 2.75) is 71.4 Å². The van der Waals surface area contributed by atoms with Crippen molar-refractivity contribution in [1.82, 2.24) is 15.1 Å². The quantitative estimate of drug-likeness (QED) is 0.219. The van der Waals surface area contributed by atoms with E-state index in [2.05, 4.69) is 15.5 Å². The normalized spacial score (nSPS) is 20.1. The van der Waals surface area contributed by atoms with Gasteiger partial charge >= 0.3 is 5.97 Å². The lowest BCUT2D eigenvalue weighted by molar-refractivity contribution is -0.135. The van der Waals surface area contributed by atoms with E-state index in [1.165, 1.54) is 0 Å². The second-order valence-electron chi connectivity index (χ2n) is 13.0. The molecule has 13 heteroatoms. The van der Waals surface area contributed by atoms with Gasteiger partial charge in [-0.05, 0) is 62.1 Å². The van der Waals surface area contributed by atoms with Gasteiger partial charge in [0.1, 0.15) is 0 Å². The van der Waals surface area contributed by atoms with Crippen LogP contribution < -0.4 is 20.4 Å². The summed E-state index contributed by atoms with van der Waals surface area (Å²) < 4.78 is 36.2. The molecular formula is C35H41N5O7S. The van der Waals surface area contributed by atoms with Gasteiger partial charge in [0.15, 0.2) is 0 Å². The van der Waals surface area contributed by atoms with Gasteiger partial charge in [0, 0.05) is 42.8 Å². The Hall–Kier alpha value is -4.59. The summed E-state index contributed by atoms with van der Waals surface area (Å²) in [7, 11) is -4.08. The van der Waals surface area contributed by atoms with E-state index in [0.717, 1.165) is 16.7 Å². The van der Waals surface area contributed by atoms with Crippen LogP contribution in [-0.2, 0) is 37.5 Å². The molecule has 254 valence electrons. The molecule has 1 fully saturated rings. The summed E-state index contributed by atoms with van der Waals surface area (Å²) in [5.41, 5.74) is 7.06. The monoisotopic (exact) mass is 675 g/mol. The Morgan fingerprint density at radius 3 is 2.54 bits per heavy atom. The van der Waals surface area contributed by atoms with Crippen LogP contribution in [0.1, 0.15) is 62.5 Å². The summed E-state index contributed by atoms with van der Waals surface area (Å²) in [5.74, 6) is -0.876. The number of benzene rings is 3. The standard InChI is InChI=1S/C35H41N5O7S/c1-6-46-34-36-28-12-9-11-27(32(41)42)30(28)40(34)19-23-14-15-25(24(18-23)20-39-17-16-35(4,5)33(39)43)26-10-7-8-13-29(26)48(44,45)38-31-21(2)22(3)37-47-31/h7-15,18,22,34,36-38H,6,16-17,19-20H2,1-5H3,(H,41,42). The zero-order chi connectivity index (χ0) is 34.4. The third-order valence-electron chi connectivity index (χ3n) is 9.24. The first-order valence-electron chi connectivity index (χ1n) is 16.0.